The van der Waals surface area contributed by atoms with Gasteiger partial charge in [0.2, 0.25) is 17.3 Å². The van der Waals surface area contributed by atoms with E-state index in [0.717, 1.165) is 0 Å². The molecule has 0 N–H and O–H groups in total. The fourth-order valence-corrected chi connectivity index (χ4v) is 10.4. The molecule has 1 saturated carbocycles. The molecule has 0 radical (unpaired) electrons. The highest BCUT2D eigenvalue weighted by Gasteiger charge is 2.52. The second kappa shape index (κ2) is 13.8. The molecule has 9 nitrogen and oxygen atoms in total. The molecule has 2 heterocycles. The van der Waals surface area contributed by atoms with E-state index in [1.54, 1.807) is 90.8 Å². The van der Waals surface area contributed by atoms with Crippen molar-refractivity contribution >= 4 is 63.6 Å². The Morgan fingerprint density at radius 3 is 1.97 bits per heavy atom. The molecule has 4 atom stereocenters. The lowest BCUT2D eigenvalue weighted by Crippen LogP contribution is -2.45. The summed E-state index contributed by atoms with van der Waals surface area (Å²) in [6.07, 6.45) is 0.375. The van der Waals surface area contributed by atoms with Gasteiger partial charge in [0.15, 0.2) is 17.7 Å². The minimum Gasteiger partial charge on any atom is -0.482 e. The SMILES string of the molecule is CN1C2=C(C(=O)C(Oc3ccc4c(c3)C(=O)C3=C(N=C5CC(C)(C)CC(=O)C5C3c3ccc(Cl)cc3)C4=O)CC2)C(c2ccc(Cl)cc2)C2=C1C(=O)c1ccccc1C2=O. The van der Waals surface area contributed by atoms with Crippen LogP contribution in [0.25, 0.3) is 0 Å². The number of carbonyl (C=O) groups excluding carboxylic acids is 6. The van der Waals surface area contributed by atoms with Crippen molar-refractivity contribution in [3.63, 3.8) is 0 Å². The largest absolute Gasteiger partial charge is 0.482 e. The molecule has 6 aliphatic rings. The Morgan fingerprint density at radius 2 is 1.28 bits per heavy atom. The Hall–Kier alpha value is -6.03. The number of Topliss-reactive ketones (excluding diaryl/α,β-unsaturated/α-hetero) is 6. The smallest absolute Gasteiger partial charge is 0.212 e. The van der Waals surface area contributed by atoms with E-state index in [4.69, 9.17) is 32.9 Å². The first-order chi connectivity index (χ1) is 28.7. The number of carbonyl (C=O) groups is 6. The molecule has 0 aromatic heterocycles. The van der Waals surface area contributed by atoms with Crippen LogP contribution in [0.15, 0.2) is 130 Å². The molecule has 60 heavy (non-hydrogen) atoms. The monoisotopic (exact) mass is 834 g/mol. The number of allylic oxidation sites excluding steroid dienone is 5. The molecule has 0 saturated heterocycles. The third-order valence-electron chi connectivity index (χ3n) is 12.8. The summed E-state index contributed by atoms with van der Waals surface area (Å²) in [6.45, 7) is 4.00. The number of hydrogen-bond donors (Lipinski definition) is 0. The predicted octanol–water partition coefficient (Wildman–Crippen LogP) is 9.30. The highest BCUT2D eigenvalue weighted by atomic mass is 35.5. The molecular weight excluding hydrogens is 799 g/mol. The summed E-state index contributed by atoms with van der Waals surface area (Å²) in [4.78, 5) is 92.8. The maximum Gasteiger partial charge on any atom is 0.212 e. The molecule has 4 unspecified atom stereocenters. The Bertz CT molecular complexity index is 2830. The van der Waals surface area contributed by atoms with Gasteiger partial charge < -0.3 is 9.64 Å². The average molecular weight is 836 g/mol. The van der Waals surface area contributed by atoms with Crippen LogP contribution in [0.4, 0.5) is 0 Å². The van der Waals surface area contributed by atoms with Gasteiger partial charge in [-0.05, 0) is 78.3 Å². The van der Waals surface area contributed by atoms with E-state index in [-0.39, 0.29) is 79.9 Å². The van der Waals surface area contributed by atoms with E-state index in [2.05, 4.69) is 0 Å². The lowest BCUT2D eigenvalue weighted by atomic mass is 9.61. The molecule has 4 aromatic rings. The molecule has 4 aromatic carbocycles. The first-order valence-corrected chi connectivity index (χ1v) is 20.7. The van der Waals surface area contributed by atoms with Crippen molar-refractivity contribution in [1.29, 1.82) is 0 Å². The molecule has 10 rings (SSSR count). The van der Waals surface area contributed by atoms with Crippen LogP contribution in [0.2, 0.25) is 10.0 Å². The maximum absolute atomic E-state index is 14.9. The normalized spacial score (nSPS) is 24.4. The fourth-order valence-electron chi connectivity index (χ4n) is 10.2. The van der Waals surface area contributed by atoms with Crippen LogP contribution in [0.3, 0.4) is 0 Å². The third-order valence-corrected chi connectivity index (χ3v) is 13.3. The lowest BCUT2D eigenvalue weighted by Gasteiger charge is -2.43. The standard InChI is InChI=1S/C49H36Cl2N2O7/c1-49(2)21-32-38(34(54)22-49)36(23-8-12-25(50)13-9-23)40-42(52-32)46(57)30-17-16-27(20-31(30)45(40)56)60-35-19-18-33-39(48(35)59)37(24-10-14-26(51)15-11-24)41-43(53(33)3)47(58)29-7-5-4-6-28(29)44(41)55/h4-17,20,35-38H,18-19,21-22H2,1-3H3. The van der Waals surface area contributed by atoms with E-state index >= 15 is 0 Å². The predicted molar refractivity (Wildman–Crippen MR) is 225 cm³/mol. The van der Waals surface area contributed by atoms with E-state index in [0.29, 0.717) is 63.0 Å². The summed E-state index contributed by atoms with van der Waals surface area (Å²) in [5.41, 5.74) is 4.00. The Morgan fingerprint density at radius 1 is 0.667 bits per heavy atom. The summed E-state index contributed by atoms with van der Waals surface area (Å²) < 4.78 is 6.46. The average Bonchev–Trinajstić information content (AvgIpc) is 3.22. The number of hydrogen-bond acceptors (Lipinski definition) is 9. The van der Waals surface area contributed by atoms with Gasteiger partial charge in [0.25, 0.3) is 0 Å². The second-order valence-corrected chi connectivity index (χ2v) is 18.0. The number of benzene rings is 4. The van der Waals surface area contributed by atoms with Crippen LogP contribution < -0.4 is 4.74 Å². The molecule has 0 spiro atoms. The molecular formula is C49H36Cl2N2O7. The van der Waals surface area contributed by atoms with Gasteiger partial charge in [-0.15, -0.1) is 0 Å². The lowest BCUT2D eigenvalue weighted by molar-refractivity contribution is -0.124. The zero-order valence-corrected chi connectivity index (χ0v) is 34.3. The summed E-state index contributed by atoms with van der Waals surface area (Å²) in [5, 5.41) is 0.966. The van der Waals surface area contributed by atoms with Crippen LogP contribution in [0.1, 0.15) is 104 Å². The van der Waals surface area contributed by atoms with Gasteiger partial charge in [-0.1, -0.05) is 85.6 Å². The topological polar surface area (TPSA) is 127 Å². The highest BCUT2D eigenvalue weighted by molar-refractivity contribution is 6.32. The maximum atomic E-state index is 14.9. The minimum absolute atomic E-state index is 0.0410. The van der Waals surface area contributed by atoms with Gasteiger partial charge in [-0.2, -0.15) is 0 Å². The number of aliphatic imine (C=N–C) groups is 1. The molecule has 11 heteroatoms. The Labute approximate surface area is 355 Å². The molecule has 4 aliphatic carbocycles. The van der Waals surface area contributed by atoms with Crippen LogP contribution in [-0.2, 0) is 9.59 Å². The Balaban J connectivity index is 1.02. The van der Waals surface area contributed by atoms with Crippen molar-refractivity contribution in [3.05, 3.63) is 168 Å². The number of fused-ring (bicyclic) bond motifs is 3. The minimum atomic E-state index is -1.02. The van der Waals surface area contributed by atoms with Crippen LogP contribution in [-0.4, -0.2) is 58.5 Å². The van der Waals surface area contributed by atoms with Crippen molar-refractivity contribution in [2.24, 2.45) is 16.3 Å². The van der Waals surface area contributed by atoms with Crippen molar-refractivity contribution < 1.29 is 33.5 Å². The number of halogens is 2. The fraction of sp³-hybridized carbons (Fsp3) is 0.245. The molecule has 1 fully saturated rings. The molecule has 0 amide bonds. The van der Waals surface area contributed by atoms with Gasteiger partial charge in [0.1, 0.15) is 17.2 Å². The first kappa shape index (κ1) is 38.2. The summed E-state index contributed by atoms with van der Waals surface area (Å²) in [6, 6.07) is 25.2. The molecule has 0 bridgehead atoms. The van der Waals surface area contributed by atoms with Gasteiger partial charge in [-0.25, -0.2) is 0 Å². The summed E-state index contributed by atoms with van der Waals surface area (Å²) >= 11 is 12.6. The Kier molecular flexibility index (Phi) is 8.76. The second-order valence-electron chi connectivity index (χ2n) is 17.1. The van der Waals surface area contributed by atoms with Crippen LogP contribution in [0, 0.1) is 11.3 Å². The number of ketones is 6. The van der Waals surface area contributed by atoms with Crippen molar-refractivity contribution in [2.45, 2.75) is 57.5 Å². The number of ether oxygens (including phenoxy) is 1. The van der Waals surface area contributed by atoms with E-state index in [1.165, 1.54) is 12.1 Å². The number of rotatable bonds is 4. The third kappa shape index (κ3) is 5.77. The summed E-state index contributed by atoms with van der Waals surface area (Å²) in [7, 11) is 1.71. The van der Waals surface area contributed by atoms with E-state index in [9.17, 15) is 28.8 Å². The van der Waals surface area contributed by atoms with Crippen molar-refractivity contribution in [3.8, 4) is 5.75 Å². The highest BCUT2D eigenvalue weighted by Crippen LogP contribution is 2.52. The van der Waals surface area contributed by atoms with Gasteiger partial charge in [0.05, 0.1) is 11.6 Å². The van der Waals surface area contributed by atoms with Crippen LogP contribution in [0.5, 0.6) is 5.75 Å². The van der Waals surface area contributed by atoms with Gasteiger partial charge >= 0.3 is 0 Å². The van der Waals surface area contributed by atoms with E-state index < -0.39 is 35.4 Å². The summed E-state index contributed by atoms with van der Waals surface area (Å²) in [5.74, 6) is -4.05. The van der Waals surface area contributed by atoms with E-state index in [1.807, 2.05) is 13.8 Å². The van der Waals surface area contributed by atoms with Gasteiger partial charge in [-0.3, -0.25) is 33.8 Å². The number of nitrogens with zero attached hydrogens (tertiary/aromatic N) is 2. The van der Waals surface area contributed by atoms with Crippen molar-refractivity contribution in [2.75, 3.05) is 7.05 Å². The van der Waals surface area contributed by atoms with Crippen molar-refractivity contribution in [1.82, 2.24) is 4.90 Å². The molecule has 2 aliphatic heterocycles. The quantitative estimate of drug-likeness (QED) is 0.199. The van der Waals surface area contributed by atoms with Crippen LogP contribution >= 0.6 is 23.2 Å². The molecule has 298 valence electrons. The zero-order valence-electron chi connectivity index (χ0n) is 32.8. The zero-order chi connectivity index (χ0) is 41.9. The number of likely N-dealkylation sites (N-methyl/N-ethyl adjacent to an activating group) is 1. The van der Waals surface area contributed by atoms with Gasteiger partial charge in [0, 0.05) is 85.7 Å². The first-order valence-electron chi connectivity index (χ1n) is 19.9.